The molecule has 0 radical (unpaired) electrons. The molecule has 0 bridgehead atoms. The van der Waals surface area contributed by atoms with Crippen LogP contribution < -0.4 is 9.42 Å². The van der Waals surface area contributed by atoms with Gasteiger partial charge in [-0.2, -0.15) is 0 Å². The molecule has 4 heteroatoms. The van der Waals surface area contributed by atoms with E-state index in [0.717, 1.165) is 10.8 Å². The van der Waals surface area contributed by atoms with Crippen LogP contribution in [0.4, 0.5) is 0 Å². The van der Waals surface area contributed by atoms with Crippen molar-refractivity contribution in [2.75, 3.05) is 0 Å². The summed E-state index contributed by atoms with van der Waals surface area (Å²) in [5, 5.41) is 8.77. The summed E-state index contributed by atoms with van der Waals surface area (Å²) in [6.07, 6.45) is 0. The molecule has 1 unspecified atom stereocenters. The second kappa shape index (κ2) is 3.74. The molecule has 0 heterocycles. The Labute approximate surface area is 82.4 Å². The van der Waals surface area contributed by atoms with Crippen molar-refractivity contribution in [2.24, 2.45) is 0 Å². The molecule has 0 aromatic heterocycles. The van der Waals surface area contributed by atoms with Crippen LogP contribution >= 0.6 is 8.17 Å². The molecule has 2 rings (SSSR count). The third kappa shape index (κ3) is 1.74. The van der Waals surface area contributed by atoms with E-state index in [-0.39, 0.29) is 0 Å². The molecule has 1 atom stereocenters. The van der Waals surface area contributed by atoms with Crippen LogP contribution in [0.15, 0.2) is 42.5 Å². The second-order valence-electron chi connectivity index (χ2n) is 2.83. The summed E-state index contributed by atoms with van der Waals surface area (Å²) in [6, 6.07) is 13.1. The molecule has 14 heavy (non-hydrogen) atoms. The van der Waals surface area contributed by atoms with Gasteiger partial charge in [-0.3, -0.25) is 4.52 Å². The number of fused-ring (bicyclic) bond motifs is 1. The molecule has 0 spiro atoms. The van der Waals surface area contributed by atoms with Crippen molar-refractivity contribution in [1.82, 2.24) is 0 Å². The van der Waals surface area contributed by atoms with Gasteiger partial charge in [-0.15, -0.1) is 0 Å². The fourth-order valence-corrected chi connectivity index (χ4v) is 1.70. The fraction of sp³-hybridized carbons (Fsp3) is 0. The topological polar surface area (TPSA) is 56.1 Å². The predicted molar refractivity (Wildman–Crippen MR) is 54.2 cm³/mol. The van der Waals surface area contributed by atoms with E-state index in [9.17, 15) is 4.89 Å². The van der Waals surface area contributed by atoms with E-state index in [1.54, 1.807) is 6.07 Å². The van der Waals surface area contributed by atoms with Crippen LogP contribution in [0, 0.1) is 5.16 Å². The standard InChI is InChI=1S/C10H8NO2P/c11-14(12)13-10-7-3-5-8-4-1-2-6-9(8)10/h1-7,11H. The van der Waals surface area contributed by atoms with Crippen LogP contribution in [0.3, 0.4) is 0 Å². The lowest BCUT2D eigenvalue weighted by Crippen LogP contribution is -1.92. The van der Waals surface area contributed by atoms with Gasteiger partial charge in [-0.1, -0.05) is 41.6 Å². The monoisotopic (exact) mass is 205 g/mol. The minimum absolute atomic E-state index is 0.499. The Morgan fingerprint density at radius 2 is 1.79 bits per heavy atom. The maximum absolute atomic E-state index is 10.6. The van der Waals surface area contributed by atoms with Gasteiger partial charge in [0.25, 0.3) is 0 Å². The summed E-state index contributed by atoms with van der Waals surface area (Å²) in [6.45, 7) is 0. The van der Waals surface area contributed by atoms with Gasteiger partial charge in [0.15, 0.2) is 5.75 Å². The van der Waals surface area contributed by atoms with E-state index in [0.29, 0.717) is 5.75 Å². The highest BCUT2D eigenvalue weighted by molar-refractivity contribution is 7.32. The van der Waals surface area contributed by atoms with Crippen LogP contribution in [0.25, 0.3) is 10.8 Å². The Hall–Kier alpha value is -1.44. The van der Waals surface area contributed by atoms with E-state index >= 15 is 0 Å². The lowest BCUT2D eigenvalue weighted by molar-refractivity contribution is -0.169. The van der Waals surface area contributed by atoms with Crippen LogP contribution in [0.1, 0.15) is 0 Å². The Morgan fingerprint density at radius 1 is 1.07 bits per heavy atom. The van der Waals surface area contributed by atoms with Crippen LogP contribution in [0.2, 0.25) is 0 Å². The number of hydrogen-bond donors (Lipinski definition) is 1. The molecule has 0 aliphatic carbocycles. The van der Waals surface area contributed by atoms with Crippen LogP contribution in [-0.2, 0) is 0 Å². The van der Waals surface area contributed by atoms with Crippen LogP contribution in [0.5, 0.6) is 5.75 Å². The molecule has 0 aliphatic heterocycles. The highest BCUT2D eigenvalue weighted by Gasteiger charge is 2.05. The lowest BCUT2D eigenvalue weighted by atomic mass is 10.1. The van der Waals surface area contributed by atoms with Gasteiger partial charge in [0, 0.05) is 5.39 Å². The van der Waals surface area contributed by atoms with Gasteiger partial charge in [0.1, 0.15) is 0 Å². The molecule has 0 amide bonds. The molecular weight excluding hydrogens is 197 g/mol. The zero-order valence-electron chi connectivity index (χ0n) is 7.31. The van der Waals surface area contributed by atoms with Crippen molar-refractivity contribution >= 4 is 18.9 Å². The van der Waals surface area contributed by atoms with Crippen molar-refractivity contribution in [1.29, 1.82) is 5.16 Å². The molecule has 0 aliphatic rings. The first-order chi connectivity index (χ1) is 6.77. The molecule has 2 aromatic carbocycles. The van der Waals surface area contributed by atoms with Crippen molar-refractivity contribution in [2.45, 2.75) is 0 Å². The van der Waals surface area contributed by atoms with Gasteiger partial charge in [0.2, 0.25) is 0 Å². The highest BCUT2D eigenvalue weighted by atomic mass is 31.1. The van der Waals surface area contributed by atoms with Crippen molar-refractivity contribution < 1.29 is 9.42 Å². The lowest BCUT2D eigenvalue weighted by Gasteiger charge is -2.01. The molecule has 2 aromatic rings. The quantitative estimate of drug-likeness (QED) is 0.766. The maximum atomic E-state index is 10.6. The van der Waals surface area contributed by atoms with Gasteiger partial charge in [-0.05, 0) is 11.5 Å². The number of rotatable bonds is 2. The molecule has 0 saturated carbocycles. The molecule has 0 saturated heterocycles. The number of benzene rings is 2. The van der Waals surface area contributed by atoms with E-state index in [1.165, 1.54) is 0 Å². The summed E-state index contributed by atoms with van der Waals surface area (Å²) < 4.78 is 4.90. The first kappa shape index (κ1) is 9.13. The highest BCUT2D eigenvalue weighted by Crippen LogP contribution is 2.29. The van der Waals surface area contributed by atoms with Crippen molar-refractivity contribution in [3.8, 4) is 5.75 Å². The average molecular weight is 205 g/mol. The summed E-state index contributed by atoms with van der Waals surface area (Å²) in [5.41, 5.74) is 0. The van der Waals surface area contributed by atoms with Gasteiger partial charge in [-0.25, -0.2) is 0 Å². The van der Waals surface area contributed by atoms with Crippen molar-refractivity contribution in [3.05, 3.63) is 42.5 Å². The molecule has 3 nitrogen and oxygen atoms in total. The minimum atomic E-state index is -2.35. The van der Waals surface area contributed by atoms with Gasteiger partial charge in [0.05, 0.1) is 0 Å². The molecule has 0 fully saturated rings. The third-order valence-corrected chi connectivity index (χ3v) is 2.29. The summed E-state index contributed by atoms with van der Waals surface area (Å²) in [5.74, 6) is 0.499. The van der Waals surface area contributed by atoms with Gasteiger partial charge >= 0.3 is 8.17 Å². The molecule has 1 N–H and O–H groups in total. The summed E-state index contributed by atoms with van der Waals surface area (Å²) in [4.78, 5) is 10.6. The first-order valence-corrected chi connectivity index (χ1v) is 5.29. The maximum Gasteiger partial charge on any atom is 0.391 e. The van der Waals surface area contributed by atoms with Crippen molar-refractivity contribution in [3.63, 3.8) is 0 Å². The number of nitrogens with one attached hydrogen (secondary N) is 1. The smallest absolute Gasteiger partial charge is 0.391 e. The third-order valence-electron chi connectivity index (χ3n) is 1.93. The van der Waals surface area contributed by atoms with E-state index < -0.39 is 8.17 Å². The summed E-state index contributed by atoms with van der Waals surface area (Å²) in [7, 11) is -2.35. The fourth-order valence-electron chi connectivity index (χ4n) is 1.36. The van der Waals surface area contributed by atoms with E-state index in [1.807, 2.05) is 36.4 Å². The minimum Gasteiger partial charge on any atom is -0.576 e. The summed E-state index contributed by atoms with van der Waals surface area (Å²) >= 11 is 0. The Kier molecular flexibility index (Phi) is 2.44. The van der Waals surface area contributed by atoms with E-state index in [2.05, 4.69) is 0 Å². The Bertz CT molecular complexity index is 479. The normalized spacial score (nSPS) is 11.4. The first-order valence-electron chi connectivity index (χ1n) is 4.11. The Morgan fingerprint density at radius 3 is 2.57 bits per heavy atom. The van der Waals surface area contributed by atoms with Gasteiger partial charge < -0.3 is 4.89 Å². The Balaban J connectivity index is 2.59. The number of hydrogen-bond acceptors (Lipinski definition) is 3. The second-order valence-corrected chi connectivity index (χ2v) is 3.52. The zero-order valence-corrected chi connectivity index (χ0v) is 8.20. The average Bonchev–Trinajstić information content (AvgIpc) is 2.18. The van der Waals surface area contributed by atoms with E-state index in [4.69, 9.17) is 9.69 Å². The predicted octanol–water partition coefficient (Wildman–Crippen LogP) is 2.65. The van der Waals surface area contributed by atoms with Crippen LogP contribution in [-0.4, -0.2) is 0 Å². The molecular formula is C10H8NO2P. The largest absolute Gasteiger partial charge is 0.576 e. The molecule has 70 valence electrons. The zero-order chi connectivity index (χ0) is 9.97. The SMILES string of the molecule is N=[P+]([O-])Oc1cccc2ccccc12.